The molecule has 5 nitrogen and oxygen atoms in total. The Morgan fingerprint density at radius 1 is 1.00 bits per heavy atom. The van der Waals surface area contributed by atoms with E-state index in [-0.39, 0.29) is 29.6 Å². The number of halogens is 4. The van der Waals surface area contributed by atoms with Crippen molar-refractivity contribution in [3.63, 3.8) is 0 Å². The van der Waals surface area contributed by atoms with Crippen LogP contribution >= 0.6 is 0 Å². The molecule has 0 atom stereocenters. The molecule has 0 fully saturated rings. The number of carbonyl (C=O) groups excluding carboxylic acids is 1. The van der Waals surface area contributed by atoms with Crippen LogP contribution in [0.2, 0.25) is 0 Å². The topological polar surface area (TPSA) is 66.9 Å². The predicted molar refractivity (Wildman–Crippen MR) is 95.2 cm³/mol. The molecule has 28 heavy (non-hydrogen) atoms. The van der Waals surface area contributed by atoms with Crippen LogP contribution in [0.15, 0.2) is 60.9 Å². The number of benzene rings is 2. The number of hydrogen-bond acceptors (Lipinski definition) is 4. The molecular weight excluding hydrogens is 376 g/mol. The molecule has 0 aliphatic carbocycles. The van der Waals surface area contributed by atoms with Crippen LogP contribution < -0.4 is 10.6 Å². The van der Waals surface area contributed by atoms with Gasteiger partial charge >= 0.3 is 6.18 Å². The van der Waals surface area contributed by atoms with Crippen molar-refractivity contribution in [2.24, 2.45) is 0 Å². The van der Waals surface area contributed by atoms with Crippen LogP contribution in [0, 0.1) is 5.82 Å². The summed E-state index contributed by atoms with van der Waals surface area (Å²) in [5.41, 5.74) is -0.529. The lowest BCUT2D eigenvalue weighted by molar-refractivity contribution is -0.137. The van der Waals surface area contributed by atoms with Crippen LogP contribution in [0.3, 0.4) is 0 Å². The van der Waals surface area contributed by atoms with Crippen molar-refractivity contribution in [2.45, 2.75) is 12.7 Å². The fourth-order valence-electron chi connectivity index (χ4n) is 2.37. The third-order valence-electron chi connectivity index (χ3n) is 3.77. The monoisotopic (exact) mass is 390 g/mol. The molecule has 0 aliphatic rings. The molecule has 2 N–H and O–H groups in total. The summed E-state index contributed by atoms with van der Waals surface area (Å²) >= 11 is 0. The van der Waals surface area contributed by atoms with Gasteiger partial charge in [0, 0.05) is 23.9 Å². The number of nitrogens with zero attached hydrogens (tertiary/aromatic N) is 2. The van der Waals surface area contributed by atoms with Gasteiger partial charge in [0.25, 0.3) is 5.91 Å². The molecule has 0 radical (unpaired) electrons. The fraction of sp³-hybridized carbons (Fsp3) is 0.105. The SMILES string of the molecule is O=C(Nc1cccc(C(F)(F)F)c1)c1cc(NCc2ccccc2F)ncn1. The first-order chi connectivity index (χ1) is 13.3. The minimum absolute atomic E-state index is 0.0145. The molecule has 9 heteroatoms. The Morgan fingerprint density at radius 3 is 2.54 bits per heavy atom. The maximum absolute atomic E-state index is 13.6. The zero-order chi connectivity index (χ0) is 20.1. The zero-order valence-corrected chi connectivity index (χ0v) is 14.3. The van der Waals surface area contributed by atoms with E-state index in [2.05, 4.69) is 20.6 Å². The highest BCUT2D eigenvalue weighted by molar-refractivity contribution is 6.03. The average molecular weight is 390 g/mol. The number of hydrogen-bond donors (Lipinski definition) is 2. The summed E-state index contributed by atoms with van der Waals surface area (Å²) in [6.45, 7) is 0.137. The van der Waals surface area contributed by atoms with Crippen molar-refractivity contribution in [1.82, 2.24) is 9.97 Å². The van der Waals surface area contributed by atoms with Crippen LogP contribution in [0.4, 0.5) is 29.1 Å². The molecule has 0 unspecified atom stereocenters. The quantitative estimate of drug-likeness (QED) is 0.630. The maximum Gasteiger partial charge on any atom is 0.416 e. The minimum atomic E-state index is -4.51. The van der Waals surface area contributed by atoms with Gasteiger partial charge in [-0.1, -0.05) is 24.3 Å². The Kier molecular flexibility index (Phi) is 5.53. The summed E-state index contributed by atoms with van der Waals surface area (Å²) in [6, 6.07) is 11.8. The number of nitrogens with one attached hydrogen (secondary N) is 2. The van der Waals surface area contributed by atoms with Gasteiger partial charge in [-0.05, 0) is 24.3 Å². The van der Waals surface area contributed by atoms with Crippen molar-refractivity contribution < 1.29 is 22.4 Å². The molecular formula is C19H14F4N4O. The van der Waals surface area contributed by atoms with E-state index >= 15 is 0 Å². The summed E-state index contributed by atoms with van der Waals surface area (Å²) in [4.78, 5) is 20.1. The van der Waals surface area contributed by atoms with E-state index in [0.717, 1.165) is 18.5 Å². The van der Waals surface area contributed by atoms with Gasteiger partial charge in [-0.3, -0.25) is 4.79 Å². The van der Waals surface area contributed by atoms with Crippen molar-refractivity contribution >= 4 is 17.4 Å². The Morgan fingerprint density at radius 2 is 1.79 bits per heavy atom. The van der Waals surface area contributed by atoms with Crippen molar-refractivity contribution in [2.75, 3.05) is 10.6 Å². The van der Waals surface area contributed by atoms with Crippen molar-refractivity contribution in [3.05, 3.63) is 83.6 Å². The molecule has 144 valence electrons. The molecule has 0 bridgehead atoms. The third-order valence-corrected chi connectivity index (χ3v) is 3.77. The average Bonchev–Trinajstić information content (AvgIpc) is 2.67. The van der Waals surface area contributed by atoms with Gasteiger partial charge in [-0.15, -0.1) is 0 Å². The van der Waals surface area contributed by atoms with Gasteiger partial charge in [-0.2, -0.15) is 13.2 Å². The lowest BCUT2D eigenvalue weighted by Crippen LogP contribution is -2.15. The normalized spacial score (nSPS) is 11.1. The first-order valence-corrected chi connectivity index (χ1v) is 8.11. The number of rotatable bonds is 5. The second kappa shape index (κ2) is 8.03. The van der Waals surface area contributed by atoms with Crippen LogP contribution in [-0.2, 0) is 12.7 Å². The highest BCUT2D eigenvalue weighted by Crippen LogP contribution is 2.30. The van der Waals surface area contributed by atoms with Gasteiger partial charge in [0.1, 0.15) is 23.7 Å². The largest absolute Gasteiger partial charge is 0.416 e. The van der Waals surface area contributed by atoms with E-state index in [1.165, 1.54) is 24.3 Å². The number of amides is 1. The summed E-state index contributed by atoms with van der Waals surface area (Å²) < 4.78 is 51.9. The second-order valence-corrected chi connectivity index (χ2v) is 5.77. The number of carbonyl (C=O) groups is 1. The van der Waals surface area contributed by atoms with Gasteiger partial charge in [0.2, 0.25) is 0 Å². The molecule has 0 spiro atoms. The van der Waals surface area contributed by atoms with E-state index < -0.39 is 17.6 Å². The second-order valence-electron chi connectivity index (χ2n) is 5.77. The minimum Gasteiger partial charge on any atom is -0.366 e. The first-order valence-electron chi connectivity index (χ1n) is 8.11. The van der Waals surface area contributed by atoms with Gasteiger partial charge < -0.3 is 10.6 Å². The standard InChI is InChI=1S/C19H14F4N4O/c20-15-7-2-1-4-12(15)10-24-17-9-16(25-11-26-17)18(28)27-14-6-3-5-13(8-14)19(21,22)23/h1-9,11H,10H2,(H,27,28)(H,24,25,26). The first kappa shape index (κ1) is 19.3. The molecule has 2 aromatic carbocycles. The van der Waals surface area contributed by atoms with Gasteiger partial charge in [0.05, 0.1) is 5.56 Å². The van der Waals surface area contributed by atoms with Crippen LogP contribution in [0.1, 0.15) is 21.6 Å². The lowest BCUT2D eigenvalue weighted by Gasteiger charge is -2.10. The van der Waals surface area contributed by atoms with E-state index in [9.17, 15) is 22.4 Å². The predicted octanol–water partition coefficient (Wildman–Crippen LogP) is 4.50. The molecule has 0 saturated carbocycles. The Bertz CT molecular complexity index is 991. The number of aromatic nitrogens is 2. The van der Waals surface area contributed by atoms with Crippen molar-refractivity contribution in [1.29, 1.82) is 0 Å². The van der Waals surface area contributed by atoms with E-state index in [0.29, 0.717) is 5.56 Å². The van der Waals surface area contributed by atoms with Gasteiger partial charge in [-0.25, -0.2) is 14.4 Å². The van der Waals surface area contributed by atoms with Crippen molar-refractivity contribution in [3.8, 4) is 0 Å². The molecule has 0 aliphatic heterocycles. The van der Waals surface area contributed by atoms with E-state index in [1.54, 1.807) is 18.2 Å². The highest BCUT2D eigenvalue weighted by Gasteiger charge is 2.30. The Labute approximate surface area is 157 Å². The zero-order valence-electron chi connectivity index (χ0n) is 14.3. The maximum atomic E-state index is 13.6. The molecule has 1 amide bonds. The molecule has 3 aromatic rings. The van der Waals surface area contributed by atoms with Crippen LogP contribution in [-0.4, -0.2) is 15.9 Å². The summed E-state index contributed by atoms with van der Waals surface area (Å²) in [6.07, 6.45) is -3.38. The summed E-state index contributed by atoms with van der Waals surface area (Å²) in [5.74, 6) is -0.810. The molecule has 1 aromatic heterocycles. The number of alkyl halides is 3. The fourth-order valence-corrected chi connectivity index (χ4v) is 2.37. The van der Waals surface area contributed by atoms with Crippen LogP contribution in [0.25, 0.3) is 0 Å². The molecule has 0 saturated heterocycles. The molecule has 3 rings (SSSR count). The summed E-state index contributed by atoms with van der Waals surface area (Å²) in [7, 11) is 0. The number of anilines is 2. The Balaban J connectivity index is 1.70. The van der Waals surface area contributed by atoms with E-state index in [4.69, 9.17) is 0 Å². The summed E-state index contributed by atoms with van der Waals surface area (Å²) in [5, 5.41) is 5.23. The van der Waals surface area contributed by atoms with Gasteiger partial charge in [0.15, 0.2) is 0 Å². The smallest absolute Gasteiger partial charge is 0.366 e. The van der Waals surface area contributed by atoms with Crippen LogP contribution in [0.5, 0.6) is 0 Å². The highest BCUT2D eigenvalue weighted by atomic mass is 19.4. The lowest BCUT2D eigenvalue weighted by atomic mass is 10.2. The molecule has 1 heterocycles. The Hall–Kier alpha value is -3.49. The third kappa shape index (κ3) is 4.81. The van der Waals surface area contributed by atoms with E-state index in [1.807, 2.05) is 0 Å².